The van der Waals surface area contributed by atoms with Gasteiger partial charge in [0.05, 0.1) is 11.2 Å². The summed E-state index contributed by atoms with van der Waals surface area (Å²) in [4.78, 5) is 16.0. The number of hydrogen-bond acceptors (Lipinski definition) is 6. The van der Waals surface area contributed by atoms with Crippen LogP contribution >= 0.6 is 11.3 Å². The fraction of sp³-hybridized carbons (Fsp3) is 0.636. The highest BCUT2D eigenvalue weighted by Crippen LogP contribution is 2.24. The minimum atomic E-state index is -3.67. The van der Waals surface area contributed by atoms with Crippen LogP contribution in [-0.4, -0.2) is 55.8 Å². The predicted octanol–water partition coefficient (Wildman–Crippen LogP) is -0.450. The summed E-state index contributed by atoms with van der Waals surface area (Å²) in [6.45, 7) is 5.17. The van der Waals surface area contributed by atoms with Gasteiger partial charge in [0, 0.05) is 26.2 Å². The molecular weight excluding hydrogens is 300 g/mol. The number of hydrogen-bond donors (Lipinski definition) is 2. The number of thiazole rings is 1. The predicted molar refractivity (Wildman–Crippen MR) is 76.1 cm³/mol. The fourth-order valence-corrected chi connectivity index (χ4v) is 4.89. The van der Waals surface area contributed by atoms with E-state index in [2.05, 4.69) is 15.6 Å². The third-order valence-electron chi connectivity index (χ3n) is 3.01. The van der Waals surface area contributed by atoms with Gasteiger partial charge in [-0.2, -0.15) is 4.31 Å². The lowest BCUT2D eigenvalue weighted by atomic mass is 10.2. The Bertz CT molecular complexity index is 584. The van der Waals surface area contributed by atoms with Crippen LogP contribution in [0.25, 0.3) is 0 Å². The summed E-state index contributed by atoms with van der Waals surface area (Å²) in [7, 11) is -3.67. The number of amides is 1. The van der Waals surface area contributed by atoms with Crippen LogP contribution in [0.1, 0.15) is 11.9 Å². The standard InChI is InChI=1S/C11H18N4O3S2/c1-3-13-11(16)9-6-12-4-5-15(9)20(17,18)10-7-14-8(2)19-10/h7,9,12H,3-6H2,1-2H3,(H,13,16). The van der Waals surface area contributed by atoms with Gasteiger partial charge in [0.15, 0.2) is 4.21 Å². The van der Waals surface area contributed by atoms with E-state index in [0.717, 1.165) is 11.3 Å². The van der Waals surface area contributed by atoms with E-state index < -0.39 is 16.1 Å². The average Bonchev–Trinajstić information content (AvgIpc) is 2.86. The summed E-state index contributed by atoms with van der Waals surface area (Å²) in [5, 5.41) is 6.42. The molecule has 0 spiro atoms. The molecule has 1 saturated heterocycles. The first-order valence-electron chi connectivity index (χ1n) is 6.39. The normalized spacial score (nSPS) is 20.8. The van der Waals surface area contributed by atoms with Crippen LogP contribution in [0.2, 0.25) is 0 Å². The van der Waals surface area contributed by atoms with Crippen LogP contribution in [0, 0.1) is 6.92 Å². The second-order valence-corrected chi connectivity index (χ2v) is 7.78. The number of piperazine rings is 1. The zero-order chi connectivity index (χ0) is 14.8. The Balaban J connectivity index is 2.29. The van der Waals surface area contributed by atoms with Gasteiger partial charge in [-0.25, -0.2) is 13.4 Å². The van der Waals surface area contributed by atoms with Gasteiger partial charge in [-0.15, -0.1) is 11.3 Å². The maximum absolute atomic E-state index is 12.6. The smallest absolute Gasteiger partial charge is 0.254 e. The maximum Gasteiger partial charge on any atom is 0.254 e. The highest BCUT2D eigenvalue weighted by atomic mass is 32.2. The molecule has 1 unspecified atom stereocenters. The van der Waals surface area contributed by atoms with Gasteiger partial charge in [0.25, 0.3) is 10.0 Å². The topological polar surface area (TPSA) is 91.4 Å². The van der Waals surface area contributed by atoms with Gasteiger partial charge in [-0.3, -0.25) is 4.79 Å². The van der Waals surface area contributed by atoms with Crippen molar-refractivity contribution in [2.45, 2.75) is 24.1 Å². The minimum absolute atomic E-state index is 0.186. The molecule has 0 aromatic carbocycles. The van der Waals surface area contributed by atoms with Crippen molar-refractivity contribution in [2.75, 3.05) is 26.2 Å². The zero-order valence-corrected chi connectivity index (χ0v) is 13.1. The fourth-order valence-electron chi connectivity index (χ4n) is 2.07. The molecule has 0 aliphatic carbocycles. The molecule has 0 saturated carbocycles. The highest BCUT2D eigenvalue weighted by molar-refractivity contribution is 7.91. The van der Waals surface area contributed by atoms with Crippen molar-refractivity contribution in [2.24, 2.45) is 0 Å². The molecule has 1 aliphatic heterocycles. The van der Waals surface area contributed by atoms with Gasteiger partial charge < -0.3 is 10.6 Å². The molecule has 1 amide bonds. The molecule has 112 valence electrons. The lowest BCUT2D eigenvalue weighted by Crippen LogP contribution is -2.59. The number of nitrogens with zero attached hydrogens (tertiary/aromatic N) is 2. The lowest BCUT2D eigenvalue weighted by Gasteiger charge is -2.33. The summed E-state index contributed by atoms with van der Waals surface area (Å²) in [6.07, 6.45) is 1.35. The Kier molecular flexibility index (Phi) is 4.74. The first kappa shape index (κ1) is 15.4. The van der Waals surface area contributed by atoms with Crippen LogP contribution in [0.5, 0.6) is 0 Å². The van der Waals surface area contributed by atoms with Crippen LogP contribution in [0.4, 0.5) is 0 Å². The molecule has 1 fully saturated rings. The molecule has 0 bridgehead atoms. The van der Waals surface area contributed by atoms with E-state index in [-0.39, 0.29) is 16.7 Å². The molecule has 0 radical (unpaired) electrons. The van der Waals surface area contributed by atoms with Gasteiger partial charge in [0.2, 0.25) is 5.91 Å². The first-order chi connectivity index (χ1) is 9.46. The average molecular weight is 318 g/mol. The number of aryl methyl sites for hydroxylation is 1. The highest BCUT2D eigenvalue weighted by Gasteiger charge is 2.38. The van der Waals surface area contributed by atoms with Crippen molar-refractivity contribution in [3.05, 3.63) is 11.2 Å². The quantitative estimate of drug-likeness (QED) is 0.784. The second-order valence-electron chi connectivity index (χ2n) is 4.43. The SMILES string of the molecule is CCNC(=O)C1CNCCN1S(=O)(=O)c1cnc(C)s1. The molecule has 2 N–H and O–H groups in total. The van der Waals surface area contributed by atoms with Crippen molar-refractivity contribution < 1.29 is 13.2 Å². The molecule has 20 heavy (non-hydrogen) atoms. The Labute approximate surface area is 122 Å². The van der Waals surface area contributed by atoms with E-state index >= 15 is 0 Å². The molecule has 1 aromatic heterocycles. The zero-order valence-electron chi connectivity index (χ0n) is 11.4. The largest absolute Gasteiger partial charge is 0.355 e. The van der Waals surface area contributed by atoms with E-state index in [1.165, 1.54) is 10.5 Å². The van der Waals surface area contributed by atoms with Crippen LogP contribution < -0.4 is 10.6 Å². The summed E-state index contributed by atoms with van der Waals surface area (Å²) in [6, 6.07) is -0.712. The number of carbonyl (C=O) groups excluding carboxylic acids is 1. The lowest BCUT2D eigenvalue weighted by molar-refractivity contribution is -0.125. The van der Waals surface area contributed by atoms with Crippen molar-refractivity contribution in [3.63, 3.8) is 0 Å². The number of likely N-dealkylation sites (N-methyl/N-ethyl adjacent to an activating group) is 1. The Morgan fingerprint density at radius 1 is 1.65 bits per heavy atom. The Morgan fingerprint density at radius 2 is 2.40 bits per heavy atom. The van der Waals surface area contributed by atoms with E-state index in [4.69, 9.17) is 0 Å². The van der Waals surface area contributed by atoms with E-state index in [9.17, 15) is 13.2 Å². The maximum atomic E-state index is 12.6. The minimum Gasteiger partial charge on any atom is -0.355 e. The van der Waals surface area contributed by atoms with Crippen LogP contribution in [-0.2, 0) is 14.8 Å². The number of carbonyl (C=O) groups is 1. The van der Waals surface area contributed by atoms with Crippen molar-refractivity contribution in [3.8, 4) is 0 Å². The van der Waals surface area contributed by atoms with Gasteiger partial charge in [0.1, 0.15) is 6.04 Å². The summed E-state index contributed by atoms with van der Waals surface area (Å²) >= 11 is 1.12. The van der Waals surface area contributed by atoms with Crippen LogP contribution in [0.15, 0.2) is 10.4 Å². The summed E-state index contributed by atoms with van der Waals surface area (Å²) in [5.41, 5.74) is 0. The number of sulfonamides is 1. The second kappa shape index (κ2) is 6.17. The monoisotopic (exact) mass is 318 g/mol. The number of aromatic nitrogens is 1. The third kappa shape index (κ3) is 3.00. The van der Waals surface area contributed by atoms with Crippen molar-refractivity contribution in [1.82, 2.24) is 19.9 Å². The molecule has 1 atom stereocenters. The molecule has 1 aromatic rings. The Morgan fingerprint density at radius 3 is 3.00 bits per heavy atom. The molecule has 2 heterocycles. The molecule has 7 nitrogen and oxygen atoms in total. The molecular formula is C11H18N4O3S2. The summed E-state index contributed by atoms with van der Waals surface area (Å²) in [5.74, 6) is -0.274. The van der Waals surface area contributed by atoms with E-state index in [0.29, 0.717) is 24.6 Å². The van der Waals surface area contributed by atoms with Crippen LogP contribution in [0.3, 0.4) is 0 Å². The van der Waals surface area contributed by atoms with Gasteiger partial charge in [-0.1, -0.05) is 0 Å². The van der Waals surface area contributed by atoms with Crippen molar-refractivity contribution in [1.29, 1.82) is 0 Å². The van der Waals surface area contributed by atoms with E-state index in [1.807, 2.05) is 0 Å². The molecule has 1 aliphatic rings. The first-order valence-corrected chi connectivity index (χ1v) is 8.65. The Hall–Kier alpha value is -1.03. The van der Waals surface area contributed by atoms with Gasteiger partial charge in [-0.05, 0) is 13.8 Å². The molecule has 9 heteroatoms. The third-order valence-corrected chi connectivity index (χ3v) is 6.27. The molecule has 2 rings (SSSR count). The summed E-state index contributed by atoms with van der Waals surface area (Å²) < 4.78 is 26.7. The number of rotatable bonds is 4. The van der Waals surface area contributed by atoms with Crippen molar-refractivity contribution >= 4 is 27.3 Å². The van der Waals surface area contributed by atoms with E-state index in [1.54, 1.807) is 13.8 Å². The number of nitrogens with one attached hydrogen (secondary N) is 2. The van der Waals surface area contributed by atoms with Gasteiger partial charge >= 0.3 is 0 Å².